The average molecular weight is 378 g/mol. The molecule has 28 heavy (non-hydrogen) atoms. The van der Waals surface area contributed by atoms with Gasteiger partial charge in [0.2, 0.25) is 5.91 Å². The standard InChI is InChI=1S/C24H31N3O/c1-26(2)24(21-6-4-3-5-7-21)12-10-23(11-13-24)14-17-27(19-23)22(28)18-20-8-15-25-16-9-20/h3-9,15-16H,10-14,17-19H2,1-2H3/t23-,24-. The van der Waals surface area contributed by atoms with Crippen LogP contribution in [0.3, 0.4) is 0 Å². The van der Waals surface area contributed by atoms with Crippen molar-refractivity contribution in [2.45, 2.75) is 44.1 Å². The predicted molar refractivity (Wildman–Crippen MR) is 112 cm³/mol. The summed E-state index contributed by atoms with van der Waals surface area (Å²) >= 11 is 0. The van der Waals surface area contributed by atoms with Crippen LogP contribution in [0.25, 0.3) is 0 Å². The SMILES string of the molecule is CN(C)[C@]1(c2ccccc2)CC[C@]2(CCN(C(=O)Cc3ccncc3)C2)CC1. The van der Waals surface area contributed by atoms with Gasteiger partial charge >= 0.3 is 0 Å². The van der Waals surface area contributed by atoms with Crippen LogP contribution in [0.4, 0.5) is 0 Å². The number of amides is 1. The summed E-state index contributed by atoms with van der Waals surface area (Å²) in [6.45, 7) is 1.83. The van der Waals surface area contributed by atoms with Crippen molar-refractivity contribution in [3.8, 4) is 0 Å². The molecule has 0 atom stereocenters. The Morgan fingerprint density at radius 1 is 1.00 bits per heavy atom. The van der Waals surface area contributed by atoms with Crippen molar-refractivity contribution in [2.75, 3.05) is 27.2 Å². The number of carbonyl (C=O) groups is 1. The van der Waals surface area contributed by atoms with Gasteiger partial charge in [0.05, 0.1) is 6.42 Å². The third kappa shape index (κ3) is 3.58. The Kier molecular flexibility index (Phi) is 5.24. The van der Waals surface area contributed by atoms with Crippen LogP contribution < -0.4 is 0 Å². The first-order valence-corrected chi connectivity index (χ1v) is 10.4. The Hall–Kier alpha value is -2.20. The van der Waals surface area contributed by atoms with Gasteiger partial charge in [0.25, 0.3) is 0 Å². The van der Waals surface area contributed by atoms with Gasteiger partial charge in [-0.2, -0.15) is 0 Å². The molecule has 4 nitrogen and oxygen atoms in total. The van der Waals surface area contributed by atoms with Gasteiger partial charge in [0.1, 0.15) is 0 Å². The molecule has 0 unspecified atom stereocenters. The van der Waals surface area contributed by atoms with E-state index in [2.05, 4.69) is 59.2 Å². The quantitative estimate of drug-likeness (QED) is 0.811. The number of benzene rings is 1. The average Bonchev–Trinajstić information content (AvgIpc) is 3.14. The summed E-state index contributed by atoms with van der Waals surface area (Å²) < 4.78 is 0. The van der Waals surface area contributed by atoms with Crippen molar-refractivity contribution >= 4 is 5.91 Å². The fourth-order valence-corrected chi connectivity index (χ4v) is 5.28. The molecule has 4 rings (SSSR count). The number of hydrogen-bond donors (Lipinski definition) is 0. The lowest BCUT2D eigenvalue weighted by molar-refractivity contribution is -0.130. The molecule has 2 aromatic rings. The monoisotopic (exact) mass is 377 g/mol. The normalized spacial score (nSPS) is 27.5. The fraction of sp³-hybridized carbons (Fsp3) is 0.500. The summed E-state index contributed by atoms with van der Waals surface area (Å²) in [6, 6.07) is 14.8. The van der Waals surface area contributed by atoms with Crippen molar-refractivity contribution in [3.63, 3.8) is 0 Å². The van der Waals surface area contributed by atoms with Crippen LogP contribution in [-0.4, -0.2) is 47.9 Å². The third-order valence-corrected chi connectivity index (χ3v) is 7.20. The highest BCUT2D eigenvalue weighted by molar-refractivity contribution is 5.79. The topological polar surface area (TPSA) is 36.4 Å². The van der Waals surface area contributed by atoms with Gasteiger partial charge in [-0.1, -0.05) is 30.3 Å². The summed E-state index contributed by atoms with van der Waals surface area (Å²) in [4.78, 5) is 21.4. The van der Waals surface area contributed by atoms with Gasteiger partial charge in [-0.15, -0.1) is 0 Å². The lowest BCUT2D eigenvalue weighted by Gasteiger charge is -2.49. The van der Waals surface area contributed by atoms with Crippen molar-refractivity contribution in [3.05, 3.63) is 66.0 Å². The van der Waals surface area contributed by atoms with Crippen LogP contribution in [0.1, 0.15) is 43.2 Å². The van der Waals surface area contributed by atoms with Crippen LogP contribution in [-0.2, 0) is 16.8 Å². The minimum absolute atomic E-state index is 0.126. The van der Waals surface area contributed by atoms with E-state index in [0.29, 0.717) is 11.8 Å². The molecule has 1 aliphatic carbocycles. The van der Waals surface area contributed by atoms with Gasteiger partial charge in [0, 0.05) is 31.0 Å². The molecular weight excluding hydrogens is 346 g/mol. The van der Waals surface area contributed by atoms with E-state index in [-0.39, 0.29) is 11.4 Å². The summed E-state index contributed by atoms with van der Waals surface area (Å²) in [6.07, 6.45) is 9.88. The number of likely N-dealkylation sites (tertiary alicyclic amines) is 1. The summed E-state index contributed by atoms with van der Waals surface area (Å²) in [5.74, 6) is 0.260. The largest absolute Gasteiger partial charge is 0.342 e. The Bertz CT molecular complexity index is 795. The van der Waals surface area contributed by atoms with E-state index in [9.17, 15) is 4.79 Å². The van der Waals surface area contributed by atoms with E-state index in [1.54, 1.807) is 12.4 Å². The van der Waals surface area contributed by atoms with Gasteiger partial charge in [-0.25, -0.2) is 0 Å². The highest BCUT2D eigenvalue weighted by atomic mass is 16.2. The van der Waals surface area contributed by atoms with Crippen LogP contribution in [0, 0.1) is 5.41 Å². The molecule has 0 N–H and O–H groups in total. The van der Waals surface area contributed by atoms with E-state index >= 15 is 0 Å². The third-order valence-electron chi connectivity index (χ3n) is 7.20. The Morgan fingerprint density at radius 2 is 1.68 bits per heavy atom. The Morgan fingerprint density at radius 3 is 2.32 bits per heavy atom. The lowest BCUT2D eigenvalue weighted by Crippen LogP contribution is -2.47. The first kappa shape index (κ1) is 19.1. The lowest BCUT2D eigenvalue weighted by atomic mass is 9.64. The Balaban J connectivity index is 1.42. The summed E-state index contributed by atoms with van der Waals surface area (Å²) in [5.41, 5.74) is 2.92. The first-order valence-electron chi connectivity index (χ1n) is 10.4. The second-order valence-electron chi connectivity index (χ2n) is 8.89. The molecule has 148 valence electrons. The molecule has 0 bridgehead atoms. The first-order chi connectivity index (χ1) is 13.5. The molecule has 1 saturated heterocycles. The number of rotatable bonds is 4. The van der Waals surface area contributed by atoms with E-state index in [0.717, 1.165) is 37.9 Å². The molecule has 1 spiro atoms. The number of aromatic nitrogens is 1. The highest BCUT2D eigenvalue weighted by Crippen LogP contribution is 2.51. The van der Waals surface area contributed by atoms with E-state index < -0.39 is 0 Å². The van der Waals surface area contributed by atoms with Crippen molar-refractivity contribution in [1.82, 2.24) is 14.8 Å². The van der Waals surface area contributed by atoms with E-state index in [1.807, 2.05) is 12.1 Å². The van der Waals surface area contributed by atoms with Crippen LogP contribution in [0.2, 0.25) is 0 Å². The highest BCUT2D eigenvalue weighted by Gasteiger charge is 2.48. The molecule has 1 aliphatic heterocycles. The number of hydrogen-bond acceptors (Lipinski definition) is 3. The molecule has 0 radical (unpaired) electrons. The van der Waals surface area contributed by atoms with Gasteiger partial charge < -0.3 is 4.90 Å². The maximum absolute atomic E-state index is 12.8. The van der Waals surface area contributed by atoms with Gasteiger partial charge in [-0.05, 0) is 74.9 Å². The number of nitrogens with zero attached hydrogens (tertiary/aromatic N) is 3. The van der Waals surface area contributed by atoms with Gasteiger partial charge in [-0.3, -0.25) is 14.7 Å². The van der Waals surface area contributed by atoms with Crippen molar-refractivity contribution < 1.29 is 4.79 Å². The van der Waals surface area contributed by atoms with Crippen LogP contribution in [0.5, 0.6) is 0 Å². The summed E-state index contributed by atoms with van der Waals surface area (Å²) in [7, 11) is 4.42. The molecular formula is C24H31N3O. The van der Waals surface area contributed by atoms with Gasteiger partial charge in [0.15, 0.2) is 0 Å². The maximum atomic E-state index is 12.8. The zero-order valence-corrected chi connectivity index (χ0v) is 17.1. The minimum Gasteiger partial charge on any atom is -0.342 e. The van der Waals surface area contributed by atoms with Crippen molar-refractivity contribution in [2.24, 2.45) is 5.41 Å². The van der Waals surface area contributed by atoms with Crippen LogP contribution in [0.15, 0.2) is 54.9 Å². The number of pyridine rings is 1. The van der Waals surface area contributed by atoms with E-state index in [1.165, 1.54) is 18.4 Å². The zero-order chi connectivity index (χ0) is 19.6. The maximum Gasteiger partial charge on any atom is 0.227 e. The molecule has 1 aromatic carbocycles. The molecule has 1 saturated carbocycles. The molecule has 4 heteroatoms. The van der Waals surface area contributed by atoms with E-state index in [4.69, 9.17) is 0 Å². The predicted octanol–water partition coefficient (Wildman–Crippen LogP) is 3.87. The second-order valence-corrected chi connectivity index (χ2v) is 8.89. The smallest absolute Gasteiger partial charge is 0.227 e. The zero-order valence-electron chi connectivity index (χ0n) is 17.1. The molecule has 2 heterocycles. The summed E-state index contributed by atoms with van der Waals surface area (Å²) in [5, 5.41) is 0. The molecule has 1 amide bonds. The Labute approximate surface area is 168 Å². The fourth-order valence-electron chi connectivity index (χ4n) is 5.28. The van der Waals surface area contributed by atoms with Crippen LogP contribution >= 0.6 is 0 Å². The molecule has 2 aliphatic rings. The molecule has 2 fully saturated rings. The van der Waals surface area contributed by atoms with Crippen molar-refractivity contribution in [1.29, 1.82) is 0 Å². The second kappa shape index (κ2) is 7.67. The number of carbonyl (C=O) groups excluding carboxylic acids is 1. The minimum atomic E-state index is 0.126. The molecule has 1 aromatic heterocycles.